The van der Waals surface area contributed by atoms with Crippen molar-refractivity contribution < 1.29 is 0 Å². The molecule has 0 amide bonds. The highest BCUT2D eigenvalue weighted by Crippen LogP contribution is 2.13. The molecule has 0 aliphatic rings. The molecule has 1 N–H and O–H groups in total. The molecule has 0 fully saturated rings. The van der Waals surface area contributed by atoms with Crippen molar-refractivity contribution >= 4 is 41.3 Å². The smallest absolute Gasteiger partial charge is 0.194 e. The summed E-state index contributed by atoms with van der Waals surface area (Å²) in [4.78, 5) is 12.5. The average molecular weight is 444 g/mol. The van der Waals surface area contributed by atoms with Crippen molar-refractivity contribution in [2.75, 3.05) is 13.6 Å². The van der Waals surface area contributed by atoms with Gasteiger partial charge in [0.2, 0.25) is 0 Å². The number of halogens is 1. The summed E-state index contributed by atoms with van der Waals surface area (Å²) in [5, 5.41) is 4.40. The minimum Gasteiger partial charge on any atom is -0.357 e. The Balaban J connectivity index is 0.00000264. The van der Waals surface area contributed by atoms with Crippen LogP contribution in [0.1, 0.15) is 27.9 Å². The van der Waals surface area contributed by atoms with Crippen LogP contribution < -0.4 is 5.32 Å². The van der Waals surface area contributed by atoms with Crippen LogP contribution in [0.4, 0.5) is 0 Å². The quantitative estimate of drug-likeness (QED) is 0.431. The number of thiazole rings is 1. The molecule has 0 atom stereocenters. The van der Waals surface area contributed by atoms with Gasteiger partial charge in [-0.25, -0.2) is 9.98 Å². The summed E-state index contributed by atoms with van der Waals surface area (Å²) >= 11 is 1.70. The first-order chi connectivity index (χ1) is 10.6. The van der Waals surface area contributed by atoms with E-state index >= 15 is 0 Å². The molecule has 0 saturated heterocycles. The number of nitrogens with zero attached hydrogens (tertiary/aromatic N) is 3. The Kier molecular flexibility index (Phi) is 8.54. The summed E-state index contributed by atoms with van der Waals surface area (Å²) in [5.74, 6) is 0.915. The zero-order valence-electron chi connectivity index (χ0n) is 14.2. The van der Waals surface area contributed by atoms with Gasteiger partial charge in [-0.3, -0.25) is 0 Å². The average Bonchev–Trinajstić information content (AvgIpc) is 2.91. The number of aliphatic imine (C=N–C) groups is 1. The van der Waals surface area contributed by atoms with Crippen molar-refractivity contribution in [3.05, 3.63) is 51.5 Å². The van der Waals surface area contributed by atoms with Gasteiger partial charge in [0.1, 0.15) is 5.01 Å². The number of aryl methyl sites for hydroxylation is 2. The fourth-order valence-electron chi connectivity index (χ4n) is 2.20. The third kappa shape index (κ3) is 6.10. The second kappa shape index (κ2) is 9.87. The van der Waals surface area contributed by atoms with E-state index in [-0.39, 0.29) is 24.0 Å². The van der Waals surface area contributed by atoms with Crippen molar-refractivity contribution in [3.8, 4) is 0 Å². The van der Waals surface area contributed by atoms with E-state index in [1.165, 1.54) is 16.0 Å². The van der Waals surface area contributed by atoms with Crippen LogP contribution in [0.15, 0.2) is 35.5 Å². The first kappa shape index (κ1) is 19.9. The van der Waals surface area contributed by atoms with Gasteiger partial charge in [0.25, 0.3) is 0 Å². The van der Waals surface area contributed by atoms with Crippen molar-refractivity contribution in [3.63, 3.8) is 0 Å². The van der Waals surface area contributed by atoms with Gasteiger partial charge in [0, 0.05) is 31.2 Å². The van der Waals surface area contributed by atoms with E-state index in [1.807, 2.05) is 6.20 Å². The topological polar surface area (TPSA) is 40.5 Å². The molecule has 0 radical (unpaired) electrons. The van der Waals surface area contributed by atoms with E-state index in [9.17, 15) is 0 Å². The van der Waals surface area contributed by atoms with Gasteiger partial charge in [0.05, 0.1) is 6.54 Å². The van der Waals surface area contributed by atoms with Gasteiger partial charge >= 0.3 is 0 Å². The van der Waals surface area contributed by atoms with Crippen LogP contribution >= 0.6 is 35.3 Å². The Hall–Kier alpha value is -1.15. The predicted molar refractivity (Wildman–Crippen MR) is 110 cm³/mol. The van der Waals surface area contributed by atoms with Gasteiger partial charge in [-0.05, 0) is 31.9 Å². The molecule has 1 aromatic heterocycles. The Morgan fingerprint density at radius 1 is 1.30 bits per heavy atom. The lowest BCUT2D eigenvalue weighted by atomic mass is 10.1. The minimum atomic E-state index is 0. The summed E-state index contributed by atoms with van der Waals surface area (Å²) in [7, 11) is 2.07. The third-order valence-electron chi connectivity index (χ3n) is 3.40. The molecule has 2 aromatic rings. The van der Waals surface area contributed by atoms with Gasteiger partial charge in [-0.15, -0.1) is 35.3 Å². The maximum atomic E-state index is 4.70. The molecule has 0 aliphatic heterocycles. The lowest BCUT2D eigenvalue weighted by molar-refractivity contribution is 0.475. The number of hydrogen-bond donors (Lipinski definition) is 1. The first-order valence-corrected chi connectivity index (χ1v) is 8.37. The van der Waals surface area contributed by atoms with Crippen LogP contribution in [-0.2, 0) is 13.1 Å². The second-order valence-corrected chi connectivity index (χ2v) is 6.64. The van der Waals surface area contributed by atoms with Gasteiger partial charge in [-0.2, -0.15) is 0 Å². The summed E-state index contributed by atoms with van der Waals surface area (Å²) in [6, 6.07) is 8.46. The highest BCUT2D eigenvalue weighted by Gasteiger charge is 2.08. The number of benzene rings is 1. The monoisotopic (exact) mass is 444 g/mol. The first-order valence-electron chi connectivity index (χ1n) is 7.55. The molecule has 2 rings (SSSR count). The predicted octanol–water partition coefficient (Wildman–Crippen LogP) is 3.98. The SMILES string of the molecule is CCNC(=NCc1ncc(C)s1)N(C)Cc1ccccc1C.I. The Labute approximate surface area is 160 Å². The maximum Gasteiger partial charge on any atom is 0.194 e. The van der Waals surface area contributed by atoms with E-state index in [4.69, 9.17) is 4.99 Å². The Morgan fingerprint density at radius 3 is 2.65 bits per heavy atom. The third-order valence-corrected chi connectivity index (χ3v) is 4.30. The fourth-order valence-corrected chi connectivity index (χ4v) is 2.92. The van der Waals surface area contributed by atoms with Crippen molar-refractivity contribution in [2.45, 2.75) is 33.9 Å². The largest absolute Gasteiger partial charge is 0.357 e. The molecule has 6 heteroatoms. The summed E-state index contributed by atoms with van der Waals surface area (Å²) in [6.07, 6.45) is 1.90. The molecule has 1 heterocycles. The second-order valence-electron chi connectivity index (χ2n) is 5.32. The number of nitrogens with one attached hydrogen (secondary N) is 1. The Morgan fingerprint density at radius 2 is 2.04 bits per heavy atom. The van der Waals surface area contributed by atoms with Gasteiger partial charge < -0.3 is 10.2 Å². The lowest BCUT2D eigenvalue weighted by Crippen LogP contribution is -2.38. The van der Waals surface area contributed by atoms with Crippen molar-refractivity contribution in [1.82, 2.24) is 15.2 Å². The lowest BCUT2D eigenvalue weighted by Gasteiger charge is -2.22. The highest BCUT2D eigenvalue weighted by atomic mass is 127. The van der Waals surface area contributed by atoms with Gasteiger partial charge in [-0.1, -0.05) is 24.3 Å². The number of rotatable bonds is 5. The standard InChI is InChI=1S/C17H24N4S.HI/c1-5-18-17(20-11-16-19-10-14(3)22-16)21(4)12-15-9-7-6-8-13(15)2;/h6-10H,5,11-12H2,1-4H3,(H,18,20);1H. The molecule has 0 aliphatic carbocycles. The van der Waals surface area contributed by atoms with E-state index in [1.54, 1.807) is 11.3 Å². The van der Waals surface area contributed by atoms with Crippen LogP contribution in [0.5, 0.6) is 0 Å². The minimum absolute atomic E-state index is 0. The molecule has 126 valence electrons. The molecular weight excluding hydrogens is 419 g/mol. The molecular formula is C17H25IN4S. The van der Waals surface area contributed by atoms with Crippen LogP contribution in [0.2, 0.25) is 0 Å². The number of hydrogen-bond acceptors (Lipinski definition) is 3. The normalized spacial score (nSPS) is 11.0. The van der Waals surface area contributed by atoms with Crippen molar-refractivity contribution in [2.24, 2.45) is 4.99 Å². The van der Waals surface area contributed by atoms with Crippen LogP contribution in [0.25, 0.3) is 0 Å². The van der Waals surface area contributed by atoms with E-state index < -0.39 is 0 Å². The molecule has 0 spiro atoms. The molecule has 0 bridgehead atoms. The maximum absolute atomic E-state index is 4.70. The van der Waals surface area contributed by atoms with E-state index in [0.29, 0.717) is 6.54 Å². The molecule has 0 unspecified atom stereocenters. The van der Waals surface area contributed by atoms with Crippen LogP contribution in [0, 0.1) is 13.8 Å². The Bertz CT molecular complexity index is 639. The molecule has 1 aromatic carbocycles. The molecule has 4 nitrogen and oxygen atoms in total. The van der Waals surface area contributed by atoms with E-state index in [0.717, 1.165) is 24.1 Å². The molecule has 0 saturated carbocycles. The van der Waals surface area contributed by atoms with Crippen LogP contribution in [-0.4, -0.2) is 29.4 Å². The highest BCUT2D eigenvalue weighted by molar-refractivity contribution is 14.0. The zero-order chi connectivity index (χ0) is 15.9. The van der Waals surface area contributed by atoms with Crippen molar-refractivity contribution in [1.29, 1.82) is 0 Å². The summed E-state index contributed by atoms with van der Waals surface area (Å²) in [5.41, 5.74) is 2.63. The molecule has 23 heavy (non-hydrogen) atoms. The summed E-state index contributed by atoms with van der Waals surface area (Å²) in [6.45, 7) is 8.62. The van der Waals surface area contributed by atoms with Crippen LogP contribution in [0.3, 0.4) is 0 Å². The zero-order valence-corrected chi connectivity index (χ0v) is 17.3. The van der Waals surface area contributed by atoms with Gasteiger partial charge in [0.15, 0.2) is 5.96 Å². The summed E-state index contributed by atoms with van der Waals surface area (Å²) < 4.78 is 0. The fraction of sp³-hybridized carbons (Fsp3) is 0.412. The number of guanidine groups is 1. The van der Waals surface area contributed by atoms with E-state index in [2.05, 4.69) is 67.3 Å². The number of aromatic nitrogens is 1.